The van der Waals surface area contributed by atoms with Gasteiger partial charge in [0.05, 0.1) is 18.4 Å². The first-order valence-corrected chi connectivity index (χ1v) is 8.12. The number of hydrogen-bond donors (Lipinski definition) is 2. The first-order chi connectivity index (χ1) is 10.5. The molecule has 4 nitrogen and oxygen atoms in total. The molecule has 0 aliphatic rings. The Labute approximate surface area is 145 Å². The fraction of sp³-hybridized carbons (Fsp3) is 0.333. The summed E-state index contributed by atoms with van der Waals surface area (Å²) in [5.41, 5.74) is 1.67. The molecule has 118 valence electrons. The highest BCUT2D eigenvalue weighted by Crippen LogP contribution is 2.25. The Hall–Kier alpha value is -1.30. The van der Waals surface area contributed by atoms with E-state index in [0.29, 0.717) is 27.6 Å². The normalized spacial score (nSPS) is 10.8. The molecule has 2 rings (SSSR count). The molecule has 2 N–H and O–H groups in total. The Morgan fingerprint density at radius 2 is 2.00 bits per heavy atom. The Morgan fingerprint density at radius 3 is 2.64 bits per heavy atom. The van der Waals surface area contributed by atoms with Crippen LogP contribution in [0.25, 0.3) is 0 Å². The molecule has 0 bridgehead atoms. The standard InChI is InChI=1S/C15H18Cl2N4S/c1-10(2)6-18-15(22)20-11-7-19-21(8-11)9-12-13(16)4-3-5-14(12)17/h3-5,7-8,10H,6,9H2,1-2H3,(H2,18,20,22). The number of nitrogens with one attached hydrogen (secondary N) is 2. The van der Waals surface area contributed by atoms with Crippen molar-refractivity contribution in [3.8, 4) is 0 Å². The molecule has 0 saturated heterocycles. The molecule has 1 heterocycles. The van der Waals surface area contributed by atoms with Gasteiger partial charge < -0.3 is 10.6 Å². The third kappa shape index (κ3) is 4.87. The van der Waals surface area contributed by atoms with E-state index in [1.165, 1.54) is 0 Å². The molecular formula is C15H18Cl2N4S. The van der Waals surface area contributed by atoms with Crippen LogP contribution in [0.2, 0.25) is 10.0 Å². The van der Waals surface area contributed by atoms with Crippen LogP contribution in [-0.2, 0) is 6.54 Å². The van der Waals surface area contributed by atoms with Crippen LogP contribution in [0.4, 0.5) is 5.69 Å². The van der Waals surface area contributed by atoms with Crippen molar-refractivity contribution < 1.29 is 0 Å². The van der Waals surface area contributed by atoms with E-state index in [-0.39, 0.29) is 0 Å². The van der Waals surface area contributed by atoms with E-state index in [0.717, 1.165) is 17.8 Å². The molecule has 7 heteroatoms. The van der Waals surface area contributed by atoms with Gasteiger partial charge in [-0.2, -0.15) is 5.10 Å². The van der Waals surface area contributed by atoms with Crippen LogP contribution in [0.5, 0.6) is 0 Å². The average molecular weight is 357 g/mol. The maximum Gasteiger partial charge on any atom is 0.170 e. The summed E-state index contributed by atoms with van der Waals surface area (Å²) in [5, 5.41) is 12.4. The summed E-state index contributed by atoms with van der Waals surface area (Å²) in [6, 6.07) is 5.45. The second-order valence-electron chi connectivity index (χ2n) is 5.36. The summed E-state index contributed by atoms with van der Waals surface area (Å²) in [6.45, 7) is 5.59. The van der Waals surface area contributed by atoms with Crippen LogP contribution in [0.3, 0.4) is 0 Å². The topological polar surface area (TPSA) is 41.9 Å². The van der Waals surface area contributed by atoms with Crippen molar-refractivity contribution in [1.29, 1.82) is 0 Å². The van der Waals surface area contributed by atoms with Crippen molar-refractivity contribution in [2.45, 2.75) is 20.4 Å². The first-order valence-electron chi connectivity index (χ1n) is 6.96. The van der Waals surface area contributed by atoms with E-state index in [1.807, 2.05) is 24.4 Å². The van der Waals surface area contributed by atoms with Gasteiger partial charge in [0.2, 0.25) is 0 Å². The van der Waals surface area contributed by atoms with Gasteiger partial charge in [-0.05, 0) is 30.3 Å². The number of benzene rings is 1. The van der Waals surface area contributed by atoms with Crippen LogP contribution >= 0.6 is 35.4 Å². The number of thiocarbonyl (C=S) groups is 1. The van der Waals surface area contributed by atoms with Crippen LogP contribution in [0, 0.1) is 5.92 Å². The smallest absolute Gasteiger partial charge is 0.170 e. The second-order valence-corrected chi connectivity index (χ2v) is 6.58. The van der Waals surface area contributed by atoms with E-state index >= 15 is 0 Å². The molecule has 0 spiro atoms. The van der Waals surface area contributed by atoms with E-state index in [2.05, 4.69) is 29.6 Å². The molecule has 22 heavy (non-hydrogen) atoms. The molecule has 0 fully saturated rings. The molecule has 0 aliphatic carbocycles. The van der Waals surface area contributed by atoms with Crippen LogP contribution in [0.15, 0.2) is 30.6 Å². The van der Waals surface area contributed by atoms with Crippen molar-refractivity contribution >= 4 is 46.2 Å². The van der Waals surface area contributed by atoms with E-state index in [9.17, 15) is 0 Å². The summed E-state index contributed by atoms with van der Waals surface area (Å²) in [6.07, 6.45) is 3.58. The lowest BCUT2D eigenvalue weighted by atomic mass is 10.2. The highest BCUT2D eigenvalue weighted by atomic mass is 35.5. The number of anilines is 1. The zero-order valence-electron chi connectivity index (χ0n) is 12.4. The Bertz CT molecular complexity index is 634. The highest BCUT2D eigenvalue weighted by molar-refractivity contribution is 7.80. The van der Waals surface area contributed by atoms with Gasteiger partial charge in [0.1, 0.15) is 0 Å². The predicted molar refractivity (Wildman–Crippen MR) is 96.9 cm³/mol. The van der Waals surface area contributed by atoms with Gasteiger partial charge >= 0.3 is 0 Å². The van der Waals surface area contributed by atoms with Gasteiger partial charge in [-0.1, -0.05) is 43.1 Å². The van der Waals surface area contributed by atoms with Crippen molar-refractivity contribution in [3.63, 3.8) is 0 Å². The minimum atomic E-state index is 0.506. The lowest BCUT2D eigenvalue weighted by molar-refractivity contribution is 0.627. The van der Waals surface area contributed by atoms with Gasteiger partial charge in [-0.25, -0.2) is 0 Å². The van der Waals surface area contributed by atoms with Crippen molar-refractivity contribution in [3.05, 3.63) is 46.2 Å². The van der Waals surface area contributed by atoms with Gasteiger partial charge in [-0.15, -0.1) is 0 Å². The summed E-state index contributed by atoms with van der Waals surface area (Å²) in [4.78, 5) is 0. The lowest BCUT2D eigenvalue weighted by Crippen LogP contribution is -2.31. The summed E-state index contributed by atoms with van der Waals surface area (Å²) in [7, 11) is 0. The summed E-state index contributed by atoms with van der Waals surface area (Å²) < 4.78 is 1.76. The SMILES string of the molecule is CC(C)CNC(=S)Nc1cnn(Cc2c(Cl)cccc2Cl)c1. The molecule has 0 atom stereocenters. The Morgan fingerprint density at radius 1 is 1.32 bits per heavy atom. The monoisotopic (exact) mass is 356 g/mol. The Kier molecular flexibility index (Phi) is 6.06. The number of nitrogens with zero attached hydrogens (tertiary/aromatic N) is 2. The van der Waals surface area contributed by atoms with E-state index < -0.39 is 0 Å². The van der Waals surface area contributed by atoms with Crippen LogP contribution in [-0.4, -0.2) is 21.4 Å². The number of halogens is 2. The maximum atomic E-state index is 6.17. The molecule has 0 radical (unpaired) electrons. The quantitative estimate of drug-likeness (QED) is 0.788. The molecule has 0 saturated carbocycles. The fourth-order valence-electron chi connectivity index (χ4n) is 1.83. The zero-order valence-corrected chi connectivity index (χ0v) is 14.8. The molecule has 2 aromatic rings. The lowest BCUT2D eigenvalue weighted by Gasteiger charge is -2.10. The van der Waals surface area contributed by atoms with E-state index in [4.69, 9.17) is 35.4 Å². The molecule has 0 aliphatic heterocycles. The molecule has 1 aromatic carbocycles. The summed E-state index contributed by atoms with van der Waals surface area (Å²) in [5.74, 6) is 0.532. The van der Waals surface area contributed by atoms with Gasteiger partial charge in [0.15, 0.2) is 5.11 Å². The number of hydrogen-bond acceptors (Lipinski definition) is 2. The Balaban J connectivity index is 1.98. The first kappa shape index (κ1) is 17.1. The molecule has 0 unspecified atom stereocenters. The van der Waals surface area contributed by atoms with E-state index in [1.54, 1.807) is 10.9 Å². The number of rotatable bonds is 5. The predicted octanol–water partition coefficient (Wildman–Crippen LogP) is 4.18. The fourth-order valence-corrected chi connectivity index (χ4v) is 2.55. The third-order valence-electron chi connectivity index (χ3n) is 2.94. The largest absolute Gasteiger partial charge is 0.362 e. The minimum Gasteiger partial charge on any atom is -0.362 e. The third-order valence-corrected chi connectivity index (χ3v) is 3.90. The molecule has 0 amide bonds. The minimum absolute atomic E-state index is 0.506. The van der Waals surface area contributed by atoms with Gasteiger partial charge in [-0.3, -0.25) is 4.68 Å². The van der Waals surface area contributed by atoms with Crippen LogP contribution < -0.4 is 10.6 Å². The second kappa shape index (κ2) is 7.81. The molecule has 1 aromatic heterocycles. The maximum absolute atomic E-state index is 6.17. The van der Waals surface area contributed by atoms with Crippen LogP contribution in [0.1, 0.15) is 19.4 Å². The highest BCUT2D eigenvalue weighted by Gasteiger charge is 2.08. The summed E-state index contributed by atoms with van der Waals surface area (Å²) >= 11 is 17.6. The zero-order chi connectivity index (χ0) is 16.1. The molecular weight excluding hydrogens is 339 g/mol. The van der Waals surface area contributed by atoms with Gasteiger partial charge in [0, 0.05) is 28.4 Å². The van der Waals surface area contributed by atoms with Crippen molar-refractivity contribution in [2.24, 2.45) is 5.92 Å². The number of aromatic nitrogens is 2. The average Bonchev–Trinajstić information content (AvgIpc) is 2.88. The van der Waals surface area contributed by atoms with Gasteiger partial charge in [0.25, 0.3) is 0 Å². The van der Waals surface area contributed by atoms with Crippen molar-refractivity contribution in [1.82, 2.24) is 15.1 Å². The van der Waals surface area contributed by atoms with Crippen molar-refractivity contribution in [2.75, 3.05) is 11.9 Å².